The zero-order chi connectivity index (χ0) is 13.6. The lowest BCUT2D eigenvalue weighted by Gasteiger charge is -2.13. The molecular formula is C14H31NO3. The van der Waals surface area contributed by atoms with E-state index in [0.717, 1.165) is 6.54 Å². The van der Waals surface area contributed by atoms with E-state index in [1.165, 1.54) is 25.7 Å². The van der Waals surface area contributed by atoms with Gasteiger partial charge in [-0.1, -0.05) is 26.2 Å². The minimum absolute atomic E-state index is 0.239. The highest BCUT2D eigenvalue weighted by Gasteiger charge is 2.03. The van der Waals surface area contributed by atoms with Gasteiger partial charge in [0.25, 0.3) is 0 Å². The van der Waals surface area contributed by atoms with Gasteiger partial charge in [-0.25, -0.2) is 0 Å². The Bertz CT molecular complexity index is 165. The first-order valence-electron chi connectivity index (χ1n) is 7.25. The predicted octanol–water partition coefficient (Wildman–Crippen LogP) is 1.96. The van der Waals surface area contributed by atoms with Crippen molar-refractivity contribution in [1.29, 1.82) is 0 Å². The lowest BCUT2D eigenvalue weighted by Crippen LogP contribution is -2.31. The van der Waals surface area contributed by atoms with Gasteiger partial charge in [-0.2, -0.15) is 0 Å². The van der Waals surface area contributed by atoms with Gasteiger partial charge < -0.3 is 19.9 Å². The minimum atomic E-state index is -0.421. The van der Waals surface area contributed by atoms with Crippen molar-refractivity contribution in [2.24, 2.45) is 0 Å². The van der Waals surface area contributed by atoms with E-state index in [-0.39, 0.29) is 6.10 Å². The van der Waals surface area contributed by atoms with Crippen LogP contribution in [0.1, 0.15) is 46.5 Å². The predicted molar refractivity (Wildman–Crippen MR) is 74.9 cm³/mol. The average Bonchev–Trinajstić information content (AvgIpc) is 2.33. The quantitative estimate of drug-likeness (QED) is 0.498. The van der Waals surface area contributed by atoms with Crippen molar-refractivity contribution in [1.82, 2.24) is 5.32 Å². The molecular weight excluding hydrogens is 230 g/mol. The van der Waals surface area contributed by atoms with E-state index in [2.05, 4.69) is 12.2 Å². The largest absolute Gasteiger partial charge is 0.389 e. The van der Waals surface area contributed by atoms with Crippen LogP contribution in [0, 0.1) is 0 Å². The van der Waals surface area contributed by atoms with Gasteiger partial charge in [-0.05, 0) is 26.8 Å². The molecule has 0 heterocycles. The van der Waals surface area contributed by atoms with E-state index in [4.69, 9.17) is 9.47 Å². The van der Waals surface area contributed by atoms with Gasteiger partial charge in [0.2, 0.25) is 0 Å². The van der Waals surface area contributed by atoms with E-state index >= 15 is 0 Å². The third kappa shape index (κ3) is 13.9. The maximum absolute atomic E-state index is 9.63. The molecule has 0 unspecified atom stereocenters. The molecule has 1 atom stereocenters. The molecule has 0 amide bonds. The molecule has 0 saturated carbocycles. The summed E-state index contributed by atoms with van der Waals surface area (Å²) in [5.74, 6) is 0. The second-order valence-corrected chi connectivity index (χ2v) is 4.91. The van der Waals surface area contributed by atoms with Gasteiger partial charge in [0, 0.05) is 6.54 Å². The smallest absolute Gasteiger partial charge is 0.0897 e. The van der Waals surface area contributed by atoms with E-state index < -0.39 is 6.10 Å². The van der Waals surface area contributed by atoms with Crippen molar-refractivity contribution in [3.63, 3.8) is 0 Å². The van der Waals surface area contributed by atoms with Crippen molar-refractivity contribution < 1.29 is 14.6 Å². The third-order valence-corrected chi connectivity index (χ3v) is 2.58. The van der Waals surface area contributed by atoms with Crippen molar-refractivity contribution in [3.8, 4) is 0 Å². The molecule has 4 nitrogen and oxygen atoms in total. The number of unbranched alkanes of at least 4 members (excludes halogenated alkanes) is 3. The summed E-state index contributed by atoms with van der Waals surface area (Å²) in [4.78, 5) is 0. The molecule has 0 fully saturated rings. The van der Waals surface area contributed by atoms with Crippen LogP contribution in [0.25, 0.3) is 0 Å². The highest BCUT2D eigenvalue weighted by Crippen LogP contribution is 1.97. The molecule has 0 spiro atoms. The van der Waals surface area contributed by atoms with Crippen LogP contribution in [0.2, 0.25) is 0 Å². The Kier molecular flexibility index (Phi) is 13.2. The topological polar surface area (TPSA) is 50.7 Å². The zero-order valence-electron chi connectivity index (χ0n) is 12.3. The lowest BCUT2D eigenvalue weighted by molar-refractivity contribution is -0.00992. The van der Waals surface area contributed by atoms with Crippen LogP contribution >= 0.6 is 0 Å². The number of aliphatic hydroxyl groups excluding tert-OH is 1. The summed E-state index contributed by atoms with van der Waals surface area (Å²) >= 11 is 0. The van der Waals surface area contributed by atoms with Crippen LogP contribution in [-0.2, 0) is 9.47 Å². The monoisotopic (exact) mass is 261 g/mol. The molecule has 0 aliphatic rings. The molecule has 0 aromatic rings. The minimum Gasteiger partial charge on any atom is -0.389 e. The number of rotatable bonds is 13. The molecule has 0 saturated heterocycles. The van der Waals surface area contributed by atoms with Crippen molar-refractivity contribution in [2.45, 2.75) is 58.7 Å². The van der Waals surface area contributed by atoms with Crippen LogP contribution < -0.4 is 5.32 Å². The Balaban J connectivity index is 3.15. The van der Waals surface area contributed by atoms with Crippen molar-refractivity contribution >= 4 is 0 Å². The molecule has 0 bridgehead atoms. The fraction of sp³-hybridized carbons (Fsp3) is 1.00. The number of hydrogen-bond donors (Lipinski definition) is 2. The maximum atomic E-state index is 9.63. The highest BCUT2D eigenvalue weighted by atomic mass is 16.5. The molecule has 0 aliphatic heterocycles. The molecule has 0 radical (unpaired) electrons. The number of nitrogens with one attached hydrogen (secondary N) is 1. The summed E-state index contributed by atoms with van der Waals surface area (Å²) in [6, 6.07) is 0. The molecule has 110 valence electrons. The first-order valence-corrected chi connectivity index (χ1v) is 7.25. The van der Waals surface area contributed by atoms with Gasteiger partial charge in [-0.3, -0.25) is 0 Å². The second kappa shape index (κ2) is 13.3. The van der Waals surface area contributed by atoms with Gasteiger partial charge >= 0.3 is 0 Å². The third-order valence-electron chi connectivity index (χ3n) is 2.58. The normalized spacial score (nSPS) is 13.2. The Morgan fingerprint density at radius 2 is 1.89 bits per heavy atom. The second-order valence-electron chi connectivity index (χ2n) is 4.91. The van der Waals surface area contributed by atoms with Gasteiger partial charge in [0.1, 0.15) is 0 Å². The van der Waals surface area contributed by atoms with Crippen LogP contribution in [0.5, 0.6) is 0 Å². The summed E-state index contributed by atoms with van der Waals surface area (Å²) in [6.45, 7) is 9.31. The SMILES string of the molecule is CCCCCCNC[C@H](O)COCCOC(C)C. The lowest BCUT2D eigenvalue weighted by atomic mass is 10.2. The number of aliphatic hydroxyl groups is 1. The van der Waals surface area contributed by atoms with Crippen LogP contribution in [0.4, 0.5) is 0 Å². The van der Waals surface area contributed by atoms with Crippen LogP contribution in [0.15, 0.2) is 0 Å². The first-order chi connectivity index (χ1) is 8.66. The van der Waals surface area contributed by atoms with E-state index in [1.807, 2.05) is 13.8 Å². The molecule has 2 N–H and O–H groups in total. The summed E-state index contributed by atoms with van der Waals surface area (Å²) in [7, 11) is 0. The van der Waals surface area contributed by atoms with Crippen LogP contribution in [-0.4, -0.2) is 50.2 Å². The van der Waals surface area contributed by atoms with Gasteiger partial charge in [0.05, 0.1) is 32.0 Å². The van der Waals surface area contributed by atoms with Crippen molar-refractivity contribution in [3.05, 3.63) is 0 Å². The summed E-state index contributed by atoms with van der Waals surface area (Å²) in [6.07, 6.45) is 4.82. The summed E-state index contributed by atoms with van der Waals surface area (Å²) < 4.78 is 10.7. The van der Waals surface area contributed by atoms with E-state index in [0.29, 0.717) is 26.4 Å². The van der Waals surface area contributed by atoms with Crippen LogP contribution in [0.3, 0.4) is 0 Å². The fourth-order valence-electron chi connectivity index (χ4n) is 1.57. The van der Waals surface area contributed by atoms with Crippen molar-refractivity contribution in [2.75, 3.05) is 32.9 Å². The number of ether oxygens (including phenoxy) is 2. The Labute approximate surface area is 112 Å². The highest BCUT2D eigenvalue weighted by molar-refractivity contribution is 4.58. The molecule has 0 aromatic carbocycles. The molecule has 0 aliphatic carbocycles. The molecule has 18 heavy (non-hydrogen) atoms. The number of hydrogen-bond acceptors (Lipinski definition) is 4. The molecule has 0 aromatic heterocycles. The first kappa shape index (κ1) is 17.8. The molecule has 0 rings (SSSR count). The fourth-order valence-corrected chi connectivity index (χ4v) is 1.57. The maximum Gasteiger partial charge on any atom is 0.0897 e. The average molecular weight is 261 g/mol. The van der Waals surface area contributed by atoms with E-state index in [9.17, 15) is 5.11 Å². The molecule has 4 heteroatoms. The standard InChI is InChI=1S/C14H31NO3/c1-4-5-6-7-8-15-11-14(16)12-17-9-10-18-13(2)3/h13-16H,4-12H2,1-3H3/t14-/m0/s1. The summed E-state index contributed by atoms with van der Waals surface area (Å²) in [5.41, 5.74) is 0. The Hall–Kier alpha value is -0.160. The van der Waals surface area contributed by atoms with Gasteiger partial charge in [0.15, 0.2) is 0 Å². The summed E-state index contributed by atoms with van der Waals surface area (Å²) in [5, 5.41) is 12.9. The Morgan fingerprint density at radius 3 is 2.56 bits per heavy atom. The van der Waals surface area contributed by atoms with Gasteiger partial charge in [-0.15, -0.1) is 0 Å². The zero-order valence-corrected chi connectivity index (χ0v) is 12.3. The Morgan fingerprint density at radius 1 is 1.11 bits per heavy atom. The van der Waals surface area contributed by atoms with E-state index in [1.54, 1.807) is 0 Å².